The second-order valence-corrected chi connectivity index (χ2v) is 5.87. The van der Waals surface area contributed by atoms with Gasteiger partial charge in [-0.15, -0.1) is 0 Å². The maximum Gasteiger partial charge on any atom is 0.329 e. The van der Waals surface area contributed by atoms with Crippen molar-refractivity contribution in [2.75, 3.05) is 0 Å². The Bertz CT molecular complexity index is 571. The molecular weight excluding hydrogens is 299 g/mol. The van der Waals surface area contributed by atoms with Gasteiger partial charge in [0.25, 0.3) is 5.91 Å². The molecule has 1 heterocycles. The van der Waals surface area contributed by atoms with Crippen LogP contribution in [0.15, 0.2) is 12.3 Å². The average Bonchev–Trinajstić information content (AvgIpc) is 2.44. The van der Waals surface area contributed by atoms with Crippen molar-refractivity contribution in [3.63, 3.8) is 0 Å². The number of nitrogens with zero attached hydrogens (tertiary/aromatic N) is 1. The van der Waals surface area contributed by atoms with Crippen molar-refractivity contribution in [2.24, 2.45) is 5.92 Å². The third-order valence-electron chi connectivity index (χ3n) is 3.94. The van der Waals surface area contributed by atoms with Crippen molar-refractivity contribution < 1.29 is 19.1 Å². The van der Waals surface area contributed by atoms with E-state index >= 15 is 0 Å². The van der Waals surface area contributed by atoms with Gasteiger partial charge in [-0.3, -0.25) is 4.79 Å². The van der Waals surface area contributed by atoms with Crippen LogP contribution in [0.2, 0.25) is 5.15 Å². The van der Waals surface area contributed by atoms with Crippen LogP contribution in [-0.2, 0) is 4.79 Å². The number of amides is 1. The zero-order valence-electron chi connectivity index (χ0n) is 11.5. The molecule has 2 N–H and O–H groups in total. The monoisotopic (exact) mass is 314 g/mol. The number of carbonyl (C=O) groups is 2. The topological polar surface area (TPSA) is 79.3 Å². The molecule has 7 heteroatoms. The number of aliphatic carboxylic acids is 1. The van der Waals surface area contributed by atoms with Crippen molar-refractivity contribution in [1.82, 2.24) is 10.3 Å². The molecule has 2 rings (SSSR count). The van der Waals surface area contributed by atoms with Crippen LogP contribution in [0, 0.1) is 11.7 Å². The first-order valence-corrected chi connectivity index (χ1v) is 7.09. The molecule has 1 amide bonds. The van der Waals surface area contributed by atoms with E-state index in [0.717, 1.165) is 12.3 Å². The minimum Gasteiger partial charge on any atom is -0.480 e. The minimum absolute atomic E-state index is 0.154. The Balaban J connectivity index is 2.23. The molecule has 1 aliphatic rings. The van der Waals surface area contributed by atoms with Crippen molar-refractivity contribution in [1.29, 1.82) is 0 Å². The van der Waals surface area contributed by atoms with E-state index in [2.05, 4.69) is 10.3 Å². The summed E-state index contributed by atoms with van der Waals surface area (Å²) in [5, 5.41) is 11.8. The van der Waals surface area contributed by atoms with Crippen molar-refractivity contribution in [3.05, 3.63) is 28.8 Å². The normalized spacial score (nSPS) is 25.4. The molecule has 21 heavy (non-hydrogen) atoms. The largest absolute Gasteiger partial charge is 0.480 e. The van der Waals surface area contributed by atoms with E-state index in [4.69, 9.17) is 11.6 Å². The quantitative estimate of drug-likeness (QED) is 0.841. The highest BCUT2D eigenvalue weighted by molar-refractivity contribution is 6.32. The van der Waals surface area contributed by atoms with Gasteiger partial charge in [0.15, 0.2) is 0 Å². The van der Waals surface area contributed by atoms with Crippen LogP contribution in [0.25, 0.3) is 0 Å². The first-order chi connectivity index (χ1) is 9.84. The summed E-state index contributed by atoms with van der Waals surface area (Å²) in [4.78, 5) is 27.3. The molecule has 0 bridgehead atoms. The average molecular weight is 315 g/mol. The van der Waals surface area contributed by atoms with Gasteiger partial charge >= 0.3 is 5.97 Å². The van der Waals surface area contributed by atoms with E-state index in [1.165, 1.54) is 0 Å². The standard InChI is InChI=1S/C14H16ClFN2O3/c1-8-2-4-14(5-3-8,13(20)21)18-12(19)10-6-9(16)7-17-11(10)15/h6-8H,2-5H2,1H3,(H,18,19)(H,20,21). The lowest BCUT2D eigenvalue weighted by molar-refractivity contribution is -0.146. The van der Waals surface area contributed by atoms with Crippen LogP contribution >= 0.6 is 11.6 Å². The van der Waals surface area contributed by atoms with Crippen LogP contribution in [0.3, 0.4) is 0 Å². The number of hydrogen-bond acceptors (Lipinski definition) is 3. The molecule has 1 aromatic heterocycles. The van der Waals surface area contributed by atoms with Gasteiger partial charge in [0.1, 0.15) is 16.5 Å². The van der Waals surface area contributed by atoms with Crippen LogP contribution < -0.4 is 5.32 Å². The Kier molecular flexibility index (Phi) is 4.46. The van der Waals surface area contributed by atoms with Crippen molar-refractivity contribution >= 4 is 23.5 Å². The fourth-order valence-electron chi connectivity index (χ4n) is 2.51. The van der Waals surface area contributed by atoms with Crippen molar-refractivity contribution in [3.8, 4) is 0 Å². The van der Waals surface area contributed by atoms with E-state index in [0.29, 0.717) is 31.6 Å². The third kappa shape index (κ3) is 3.32. The molecule has 1 aliphatic carbocycles. The predicted molar refractivity (Wildman–Crippen MR) is 74.7 cm³/mol. The van der Waals surface area contributed by atoms with Gasteiger partial charge < -0.3 is 10.4 Å². The van der Waals surface area contributed by atoms with Gasteiger partial charge in [-0.2, -0.15) is 0 Å². The lowest BCUT2D eigenvalue weighted by atomic mass is 9.77. The number of carboxylic acid groups (broad SMARTS) is 1. The number of carboxylic acids is 1. The molecule has 0 spiro atoms. The Morgan fingerprint density at radius 3 is 2.67 bits per heavy atom. The summed E-state index contributed by atoms with van der Waals surface area (Å²) in [6.45, 7) is 2.04. The van der Waals surface area contributed by atoms with E-state index in [-0.39, 0.29) is 10.7 Å². The van der Waals surface area contributed by atoms with Gasteiger partial charge in [0.2, 0.25) is 0 Å². The number of rotatable bonds is 3. The Hall–Kier alpha value is -1.69. The van der Waals surface area contributed by atoms with Gasteiger partial charge in [0, 0.05) is 0 Å². The Morgan fingerprint density at radius 1 is 1.48 bits per heavy atom. The fraction of sp³-hybridized carbons (Fsp3) is 0.500. The summed E-state index contributed by atoms with van der Waals surface area (Å²) in [6.07, 6.45) is 3.00. The summed E-state index contributed by atoms with van der Waals surface area (Å²) in [5.41, 5.74) is -1.48. The lowest BCUT2D eigenvalue weighted by Crippen LogP contribution is -2.56. The molecular formula is C14H16ClFN2O3. The molecule has 5 nitrogen and oxygen atoms in total. The molecule has 0 unspecified atom stereocenters. The molecule has 0 aromatic carbocycles. The SMILES string of the molecule is CC1CCC(NC(=O)c2cc(F)cnc2Cl)(C(=O)O)CC1. The zero-order chi connectivity index (χ0) is 15.6. The van der Waals surface area contributed by atoms with Crippen LogP contribution in [-0.4, -0.2) is 27.5 Å². The van der Waals surface area contributed by atoms with E-state index in [1.54, 1.807) is 0 Å². The lowest BCUT2D eigenvalue weighted by Gasteiger charge is -2.36. The summed E-state index contributed by atoms with van der Waals surface area (Å²) in [7, 11) is 0. The maximum atomic E-state index is 13.2. The number of pyridine rings is 1. The first-order valence-electron chi connectivity index (χ1n) is 6.71. The highest BCUT2D eigenvalue weighted by Gasteiger charge is 2.42. The summed E-state index contributed by atoms with van der Waals surface area (Å²) >= 11 is 5.77. The van der Waals surface area contributed by atoms with Crippen LogP contribution in [0.5, 0.6) is 0 Å². The Labute approximate surface area is 126 Å². The van der Waals surface area contributed by atoms with E-state index in [9.17, 15) is 19.1 Å². The van der Waals surface area contributed by atoms with E-state index in [1.807, 2.05) is 6.92 Å². The molecule has 0 aliphatic heterocycles. The summed E-state index contributed by atoms with van der Waals surface area (Å²) in [5.74, 6) is -2.08. The highest BCUT2D eigenvalue weighted by atomic mass is 35.5. The van der Waals surface area contributed by atoms with Gasteiger partial charge in [-0.1, -0.05) is 18.5 Å². The van der Waals surface area contributed by atoms with E-state index < -0.39 is 23.2 Å². The first kappa shape index (κ1) is 15.7. The number of nitrogens with one attached hydrogen (secondary N) is 1. The molecule has 114 valence electrons. The molecule has 0 atom stereocenters. The number of halogens is 2. The molecule has 1 aromatic rings. The molecule has 1 fully saturated rings. The van der Waals surface area contributed by atoms with Crippen LogP contribution in [0.4, 0.5) is 4.39 Å². The summed E-state index contributed by atoms with van der Waals surface area (Å²) in [6, 6.07) is 0.950. The van der Waals surface area contributed by atoms with Gasteiger partial charge in [0.05, 0.1) is 11.8 Å². The van der Waals surface area contributed by atoms with Gasteiger partial charge in [-0.05, 0) is 37.7 Å². The Morgan fingerprint density at radius 2 is 2.10 bits per heavy atom. The maximum absolute atomic E-state index is 13.2. The predicted octanol–water partition coefficient (Wildman–Crippen LogP) is 2.64. The minimum atomic E-state index is -1.32. The fourth-order valence-corrected chi connectivity index (χ4v) is 2.70. The summed E-state index contributed by atoms with van der Waals surface area (Å²) < 4.78 is 13.2. The number of aromatic nitrogens is 1. The molecule has 0 radical (unpaired) electrons. The van der Waals surface area contributed by atoms with Crippen molar-refractivity contribution in [2.45, 2.75) is 38.1 Å². The molecule has 1 saturated carbocycles. The number of hydrogen-bond donors (Lipinski definition) is 2. The second-order valence-electron chi connectivity index (χ2n) is 5.52. The third-order valence-corrected chi connectivity index (χ3v) is 4.24. The molecule has 0 saturated heterocycles. The zero-order valence-corrected chi connectivity index (χ0v) is 12.3. The number of carbonyl (C=O) groups excluding carboxylic acids is 1. The van der Waals surface area contributed by atoms with Crippen LogP contribution in [0.1, 0.15) is 43.0 Å². The smallest absolute Gasteiger partial charge is 0.329 e. The van der Waals surface area contributed by atoms with Gasteiger partial charge in [-0.25, -0.2) is 14.2 Å². The highest BCUT2D eigenvalue weighted by Crippen LogP contribution is 2.32. The second kappa shape index (κ2) is 5.97.